The van der Waals surface area contributed by atoms with Crippen molar-refractivity contribution in [2.24, 2.45) is 0 Å². The van der Waals surface area contributed by atoms with Gasteiger partial charge in [0.1, 0.15) is 17.1 Å². The average molecular weight is 307 g/mol. The van der Waals surface area contributed by atoms with Crippen LogP contribution in [-0.4, -0.2) is 28.9 Å². The molecule has 1 atom stereocenters. The highest BCUT2D eigenvalue weighted by Crippen LogP contribution is 2.23. The van der Waals surface area contributed by atoms with Crippen molar-refractivity contribution in [3.05, 3.63) is 45.5 Å². The first-order valence-electron chi connectivity index (χ1n) is 6.51. The van der Waals surface area contributed by atoms with E-state index in [9.17, 15) is 9.59 Å². The molecule has 0 bridgehead atoms. The van der Waals surface area contributed by atoms with Crippen molar-refractivity contribution in [2.75, 3.05) is 7.05 Å². The van der Waals surface area contributed by atoms with Crippen LogP contribution in [0.25, 0.3) is 0 Å². The molecule has 2 rings (SSSR count). The Balaban J connectivity index is 2.07. The van der Waals surface area contributed by atoms with Crippen LogP contribution >= 0.6 is 11.3 Å². The van der Waals surface area contributed by atoms with Gasteiger partial charge in [-0.05, 0) is 31.4 Å². The molecule has 1 N–H and O–H groups in total. The molecule has 0 radical (unpaired) electrons. The Bertz CT molecular complexity index is 645. The molecule has 0 aromatic carbocycles. The number of likely N-dealkylation sites (N-methyl/N-ethyl adjacent to an activating group) is 1. The summed E-state index contributed by atoms with van der Waals surface area (Å²) in [6, 6.07) is 5.32. The first-order valence-corrected chi connectivity index (χ1v) is 7.39. The van der Waals surface area contributed by atoms with Gasteiger partial charge in [-0.25, -0.2) is 4.79 Å². The van der Waals surface area contributed by atoms with E-state index in [0.717, 1.165) is 4.88 Å². The predicted octanol–water partition coefficient (Wildman–Crippen LogP) is 3.11. The largest absolute Gasteiger partial charge is 0.478 e. The quantitative estimate of drug-likeness (QED) is 0.921. The van der Waals surface area contributed by atoms with Gasteiger partial charge >= 0.3 is 5.97 Å². The van der Waals surface area contributed by atoms with Crippen molar-refractivity contribution in [3.63, 3.8) is 0 Å². The lowest BCUT2D eigenvalue weighted by Gasteiger charge is -2.19. The smallest absolute Gasteiger partial charge is 0.339 e. The molecule has 2 aromatic rings. The molecule has 0 aliphatic carbocycles. The Morgan fingerprint density at radius 1 is 1.48 bits per heavy atom. The van der Waals surface area contributed by atoms with Gasteiger partial charge in [0, 0.05) is 11.9 Å². The molecule has 0 saturated carbocycles. The first-order chi connectivity index (χ1) is 9.90. The molecule has 0 aliphatic heterocycles. The minimum Gasteiger partial charge on any atom is -0.478 e. The fourth-order valence-electron chi connectivity index (χ4n) is 2.14. The van der Waals surface area contributed by atoms with Crippen molar-refractivity contribution in [1.82, 2.24) is 4.90 Å². The molecule has 0 aliphatic rings. The molecule has 5 nitrogen and oxygen atoms in total. The van der Waals surface area contributed by atoms with E-state index in [1.165, 1.54) is 6.07 Å². The highest BCUT2D eigenvalue weighted by atomic mass is 32.1. The van der Waals surface area contributed by atoms with E-state index in [4.69, 9.17) is 9.52 Å². The van der Waals surface area contributed by atoms with E-state index >= 15 is 0 Å². The minimum absolute atomic E-state index is 0.0246. The zero-order valence-electron chi connectivity index (χ0n) is 12.1. The number of rotatable bonds is 5. The highest BCUT2D eigenvalue weighted by Gasteiger charge is 2.22. The summed E-state index contributed by atoms with van der Waals surface area (Å²) in [7, 11) is 1.69. The fourth-order valence-corrected chi connectivity index (χ4v) is 2.91. The Morgan fingerprint density at radius 2 is 2.19 bits per heavy atom. The summed E-state index contributed by atoms with van der Waals surface area (Å²) in [4.78, 5) is 25.9. The van der Waals surface area contributed by atoms with Gasteiger partial charge in [0.15, 0.2) is 0 Å². The van der Waals surface area contributed by atoms with Crippen LogP contribution in [-0.2, 0) is 11.3 Å². The number of carboxylic acids is 1. The summed E-state index contributed by atoms with van der Waals surface area (Å²) in [5.41, 5.74) is 0.136. The summed E-state index contributed by atoms with van der Waals surface area (Å²) < 4.78 is 5.40. The molecular formula is C15H17NO4S. The molecule has 21 heavy (non-hydrogen) atoms. The number of hydrogen-bond acceptors (Lipinski definition) is 4. The summed E-state index contributed by atoms with van der Waals surface area (Å²) >= 11 is 1.54. The van der Waals surface area contributed by atoms with Gasteiger partial charge in [-0.1, -0.05) is 6.07 Å². The first kappa shape index (κ1) is 15.3. The number of aryl methyl sites for hydroxylation is 1. The van der Waals surface area contributed by atoms with Gasteiger partial charge in [-0.3, -0.25) is 4.79 Å². The third-order valence-electron chi connectivity index (χ3n) is 3.31. The van der Waals surface area contributed by atoms with Gasteiger partial charge in [0.25, 0.3) is 0 Å². The van der Waals surface area contributed by atoms with Crippen LogP contribution in [0.5, 0.6) is 0 Å². The molecule has 0 fully saturated rings. The summed E-state index contributed by atoms with van der Waals surface area (Å²) in [5, 5.41) is 10.9. The number of hydrogen-bond donors (Lipinski definition) is 1. The van der Waals surface area contributed by atoms with E-state index < -0.39 is 5.97 Å². The maximum Gasteiger partial charge on any atom is 0.339 e. The van der Waals surface area contributed by atoms with E-state index in [2.05, 4.69) is 0 Å². The lowest BCUT2D eigenvalue weighted by molar-refractivity contribution is -0.131. The van der Waals surface area contributed by atoms with E-state index in [1.807, 2.05) is 24.4 Å². The zero-order chi connectivity index (χ0) is 15.6. The third-order valence-corrected chi connectivity index (χ3v) is 4.36. The summed E-state index contributed by atoms with van der Waals surface area (Å²) in [6.07, 6.45) is 0. The Kier molecular flexibility index (Phi) is 4.47. The van der Waals surface area contributed by atoms with Crippen LogP contribution in [0.1, 0.15) is 39.6 Å². The second-order valence-corrected chi connectivity index (χ2v) is 5.90. The lowest BCUT2D eigenvalue weighted by atomic mass is 10.1. The fraction of sp³-hybridized carbons (Fsp3) is 0.333. The Labute approximate surface area is 126 Å². The number of carboxylic acid groups (broad SMARTS) is 1. The van der Waals surface area contributed by atoms with Crippen molar-refractivity contribution >= 4 is 23.2 Å². The van der Waals surface area contributed by atoms with Gasteiger partial charge in [0.2, 0.25) is 5.91 Å². The monoisotopic (exact) mass is 307 g/mol. The standard InChI is InChI=1S/C15H17NO4S/c1-9(13-5-4-6-21-13)14(17)16(3)8-11-7-12(15(18)19)10(2)20-11/h4-7,9H,8H2,1-3H3,(H,18,19). The van der Waals surface area contributed by atoms with Crippen LogP contribution < -0.4 is 0 Å². The SMILES string of the molecule is Cc1oc(CN(C)C(=O)C(C)c2cccs2)cc1C(=O)O. The predicted molar refractivity (Wildman–Crippen MR) is 79.6 cm³/mol. The average Bonchev–Trinajstić information content (AvgIpc) is 3.06. The van der Waals surface area contributed by atoms with Crippen LogP contribution in [0.4, 0.5) is 0 Å². The number of thiophene rings is 1. The van der Waals surface area contributed by atoms with Gasteiger partial charge < -0.3 is 14.4 Å². The number of amides is 1. The van der Waals surface area contributed by atoms with E-state index in [-0.39, 0.29) is 23.9 Å². The summed E-state index contributed by atoms with van der Waals surface area (Å²) in [5.74, 6) is -0.444. The van der Waals surface area contributed by atoms with Gasteiger partial charge in [-0.2, -0.15) is 0 Å². The van der Waals surface area contributed by atoms with E-state index in [0.29, 0.717) is 11.5 Å². The maximum atomic E-state index is 12.3. The normalized spacial score (nSPS) is 12.1. The molecule has 2 heterocycles. The Hall–Kier alpha value is -2.08. The molecule has 1 unspecified atom stereocenters. The number of furan rings is 1. The molecule has 0 saturated heterocycles. The van der Waals surface area contributed by atoms with Gasteiger partial charge in [-0.15, -0.1) is 11.3 Å². The molecular weight excluding hydrogens is 290 g/mol. The number of carbonyl (C=O) groups excluding carboxylic acids is 1. The number of carbonyl (C=O) groups is 2. The van der Waals surface area contributed by atoms with E-state index in [1.54, 1.807) is 30.2 Å². The van der Waals surface area contributed by atoms with Crippen molar-refractivity contribution in [1.29, 1.82) is 0 Å². The zero-order valence-corrected chi connectivity index (χ0v) is 12.9. The van der Waals surface area contributed by atoms with Crippen LogP contribution in [0, 0.1) is 6.92 Å². The molecule has 6 heteroatoms. The second-order valence-electron chi connectivity index (χ2n) is 4.92. The lowest BCUT2D eigenvalue weighted by Crippen LogP contribution is -2.29. The van der Waals surface area contributed by atoms with Crippen molar-refractivity contribution in [3.8, 4) is 0 Å². The molecule has 0 spiro atoms. The van der Waals surface area contributed by atoms with Crippen molar-refractivity contribution in [2.45, 2.75) is 26.3 Å². The third kappa shape index (κ3) is 3.33. The van der Waals surface area contributed by atoms with Gasteiger partial charge in [0.05, 0.1) is 12.5 Å². The topological polar surface area (TPSA) is 70.8 Å². The minimum atomic E-state index is -1.02. The highest BCUT2D eigenvalue weighted by molar-refractivity contribution is 7.10. The number of aromatic carboxylic acids is 1. The second kappa shape index (κ2) is 6.13. The van der Waals surface area contributed by atoms with Crippen LogP contribution in [0.3, 0.4) is 0 Å². The molecule has 112 valence electrons. The molecule has 1 amide bonds. The van der Waals surface area contributed by atoms with Crippen LogP contribution in [0.15, 0.2) is 28.0 Å². The summed E-state index contributed by atoms with van der Waals surface area (Å²) in [6.45, 7) is 3.71. The Morgan fingerprint density at radius 3 is 2.71 bits per heavy atom. The van der Waals surface area contributed by atoms with Crippen LogP contribution in [0.2, 0.25) is 0 Å². The maximum absolute atomic E-state index is 12.3. The number of nitrogens with zero attached hydrogens (tertiary/aromatic N) is 1. The molecule has 2 aromatic heterocycles. The van der Waals surface area contributed by atoms with Crippen molar-refractivity contribution < 1.29 is 19.1 Å².